The topological polar surface area (TPSA) is 78.5 Å². The first-order valence-corrected chi connectivity index (χ1v) is 9.45. The number of carbonyl (C=O) groups excluding carboxylic acids is 3. The van der Waals surface area contributed by atoms with E-state index in [9.17, 15) is 14.4 Å². The number of imide groups is 1. The molecule has 0 aliphatic carbocycles. The van der Waals surface area contributed by atoms with Crippen LogP contribution in [0.5, 0.6) is 0 Å². The second-order valence-corrected chi connectivity index (χ2v) is 6.93. The first kappa shape index (κ1) is 20.8. The molecule has 1 fully saturated rings. The summed E-state index contributed by atoms with van der Waals surface area (Å²) in [6.07, 6.45) is 5.26. The molecule has 0 aromatic heterocycles. The summed E-state index contributed by atoms with van der Waals surface area (Å²) in [5.41, 5.74) is 2.46. The fourth-order valence-electron chi connectivity index (χ4n) is 3.56. The molecular formula is C21H29N3O3. The van der Waals surface area contributed by atoms with Gasteiger partial charge in [0.25, 0.3) is 5.91 Å². The van der Waals surface area contributed by atoms with Gasteiger partial charge in [0.1, 0.15) is 6.04 Å². The van der Waals surface area contributed by atoms with Gasteiger partial charge in [0.05, 0.1) is 0 Å². The fourth-order valence-corrected chi connectivity index (χ4v) is 3.56. The van der Waals surface area contributed by atoms with Crippen molar-refractivity contribution in [2.45, 2.75) is 44.6 Å². The normalized spacial score (nSPS) is 17.6. The monoisotopic (exact) mass is 371 g/mol. The predicted octanol–water partition coefficient (Wildman–Crippen LogP) is 2.14. The maximum absolute atomic E-state index is 13.0. The number of rotatable bonds is 8. The minimum atomic E-state index is -0.848. The molecule has 2 atom stereocenters. The van der Waals surface area contributed by atoms with Gasteiger partial charge >= 0.3 is 0 Å². The van der Waals surface area contributed by atoms with Gasteiger partial charge in [-0.2, -0.15) is 0 Å². The van der Waals surface area contributed by atoms with E-state index in [4.69, 9.17) is 0 Å². The zero-order valence-corrected chi connectivity index (χ0v) is 16.2. The van der Waals surface area contributed by atoms with Crippen molar-refractivity contribution in [3.63, 3.8) is 0 Å². The van der Waals surface area contributed by atoms with Crippen LogP contribution in [0.1, 0.15) is 53.1 Å². The average molecular weight is 371 g/mol. The van der Waals surface area contributed by atoms with Crippen molar-refractivity contribution in [2.75, 3.05) is 20.1 Å². The van der Waals surface area contributed by atoms with Crippen LogP contribution in [0.25, 0.3) is 0 Å². The third-order valence-corrected chi connectivity index (χ3v) is 5.13. The van der Waals surface area contributed by atoms with E-state index in [-0.39, 0.29) is 5.91 Å². The molecule has 1 aromatic rings. The van der Waals surface area contributed by atoms with E-state index in [1.54, 1.807) is 12.1 Å². The van der Waals surface area contributed by atoms with Crippen molar-refractivity contribution in [3.8, 4) is 0 Å². The molecule has 2 rings (SSSR count). The van der Waals surface area contributed by atoms with E-state index in [2.05, 4.69) is 17.2 Å². The number of hydrogen-bond donors (Lipinski definition) is 2. The van der Waals surface area contributed by atoms with Crippen molar-refractivity contribution in [1.29, 1.82) is 0 Å². The number of nitrogens with one attached hydrogen (secondary N) is 2. The van der Waals surface area contributed by atoms with Crippen molar-refractivity contribution in [3.05, 3.63) is 47.5 Å². The van der Waals surface area contributed by atoms with Crippen molar-refractivity contribution in [1.82, 2.24) is 15.5 Å². The Morgan fingerprint density at radius 1 is 1.44 bits per heavy atom. The lowest BCUT2D eigenvalue weighted by molar-refractivity contribution is -0.130. The summed E-state index contributed by atoms with van der Waals surface area (Å²) in [5.74, 6) is -0.372. The molecule has 2 unspecified atom stereocenters. The Morgan fingerprint density at radius 2 is 2.22 bits per heavy atom. The molecule has 146 valence electrons. The lowest BCUT2D eigenvalue weighted by Gasteiger charge is -2.26. The number of piperidine rings is 1. The zero-order valence-electron chi connectivity index (χ0n) is 16.2. The molecule has 3 amide bonds. The summed E-state index contributed by atoms with van der Waals surface area (Å²) in [6, 6.07) is 4.90. The quantitative estimate of drug-likeness (QED) is 0.542. The van der Waals surface area contributed by atoms with Crippen LogP contribution in [-0.4, -0.2) is 49.3 Å². The minimum Gasteiger partial charge on any atom is -0.357 e. The lowest BCUT2D eigenvalue weighted by Crippen LogP contribution is -2.48. The molecule has 1 aromatic carbocycles. The van der Waals surface area contributed by atoms with Crippen LogP contribution in [-0.2, 0) is 9.59 Å². The fraction of sp³-hybridized carbons (Fsp3) is 0.476. The highest BCUT2D eigenvalue weighted by molar-refractivity contribution is 6.04. The number of likely N-dealkylation sites (N-methyl/N-ethyl adjacent to an activating group) is 1. The number of carbonyl (C=O) groups is 3. The van der Waals surface area contributed by atoms with Crippen LogP contribution in [0.4, 0.5) is 0 Å². The first-order valence-electron chi connectivity index (χ1n) is 9.45. The third kappa shape index (κ3) is 5.04. The molecule has 0 radical (unpaired) electrons. The van der Waals surface area contributed by atoms with E-state index in [0.717, 1.165) is 36.4 Å². The van der Waals surface area contributed by atoms with Crippen LogP contribution >= 0.6 is 0 Å². The number of nitrogens with zero attached hydrogens (tertiary/aromatic N) is 1. The van der Waals surface area contributed by atoms with E-state index in [0.29, 0.717) is 30.7 Å². The molecule has 6 heteroatoms. The highest BCUT2D eigenvalue weighted by Gasteiger charge is 2.30. The Balaban J connectivity index is 2.25. The number of allylic oxidation sites excluding steroid dienone is 1. The minimum absolute atomic E-state index is 0.346. The third-order valence-electron chi connectivity index (χ3n) is 5.13. The molecule has 0 spiro atoms. The molecule has 6 nitrogen and oxygen atoms in total. The summed E-state index contributed by atoms with van der Waals surface area (Å²) in [4.78, 5) is 37.8. The summed E-state index contributed by atoms with van der Waals surface area (Å²) in [6.45, 7) is 7.50. The lowest BCUT2D eigenvalue weighted by atomic mass is 9.89. The Kier molecular flexibility index (Phi) is 7.73. The molecule has 27 heavy (non-hydrogen) atoms. The average Bonchev–Trinajstić information content (AvgIpc) is 2.70. The van der Waals surface area contributed by atoms with Gasteiger partial charge in [-0.05, 0) is 62.3 Å². The van der Waals surface area contributed by atoms with E-state index in [1.807, 2.05) is 19.1 Å². The van der Waals surface area contributed by atoms with Gasteiger partial charge < -0.3 is 10.6 Å². The van der Waals surface area contributed by atoms with Gasteiger partial charge in [-0.1, -0.05) is 18.2 Å². The van der Waals surface area contributed by atoms with Gasteiger partial charge in [0, 0.05) is 19.2 Å². The second kappa shape index (κ2) is 10.0. The molecule has 1 heterocycles. The number of hydrogen-bond acceptors (Lipinski definition) is 4. The largest absolute Gasteiger partial charge is 0.357 e. The smallest absolute Gasteiger partial charge is 0.261 e. The molecular weight excluding hydrogens is 342 g/mol. The van der Waals surface area contributed by atoms with Gasteiger partial charge in [-0.3, -0.25) is 19.3 Å². The highest BCUT2D eigenvalue weighted by atomic mass is 16.2. The Morgan fingerprint density at radius 3 is 2.78 bits per heavy atom. The molecule has 1 aliphatic rings. The van der Waals surface area contributed by atoms with E-state index in [1.165, 1.54) is 12.6 Å². The van der Waals surface area contributed by atoms with Crippen LogP contribution in [0.2, 0.25) is 0 Å². The Labute approximate surface area is 161 Å². The van der Waals surface area contributed by atoms with Crippen LogP contribution in [0.3, 0.4) is 0 Å². The Bertz CT molecular complexity index is 696. The maximum Gasteiger partial charge on any atom is 0.261 e. The van der Waals surface area contributed by atoms with E-state index >= 15 is 0 Å². The molecule has 2 N–H and O–H groups in total. The zero-order chi connectivity index (χ0) is 19.8. The van der Waals surface area contributed by atoms with Crippen LogP contribution < -0.4 is 10.6 Å². The standard InChI is InChI=1S/C21H29N3O3/c1-4-5-8-19(20(26)22-3)24(14-25)21(27)18-10-9-16(12-15(18)2)17-7-6-11-23-13-17/h4,9-10,12,14,17,19,23H,1,5-8,11,13H2,2-3H3,(H,22,26). The summed E-state index contributed by atoms with van der Waals surface area (Å²) < 4.78 is 0. The second-order valence-electron chi connectivity index (χ2n) is 6.93. The SMILES string of the molecule is C=CCCC(C(=O)NC)N(C=O)C(=O)c1ccc(C2CCCNC2)cc1C. The molecule has 1 aliphatic heterocycles. The van der Waals surface area contributed by atoms with Gasteiger partial charge in [0.2, 0.25) is 12.3 Å². The molecule has 0 bridgehead atoms. The number of benzene rings is 1. The molecule has 0 saturated carbocycles. The van der Waals surface area contributed by atoms with Gasteiger partial charge in [0.15, 0.2) is 0 Å². The predicted molar refractivity (Wildman–Crippen MR) is 106 cm³/mol. The summed E-state index contributed by atoms with van der Waals surface area (Å²) in [5, 5.41) is 5.93. The number of aryl methyl sites for hydroxylation is 1. The summed E-state index contributed by atoms with van der Waals surface area (Å²) >= 11 is 0. The van der Waals surface area contributed by atoms with Crippen LogP contribution in [0.15, 0.2) is 30.9 Å². The first-order chi connectivity index (χ1) is 13.0. The maximum atomic E-state index is 13.0. The van der Waals surface area contributed by atoms with Crippen molar-refractivity contribution < 1.29 is 14.4 Å². The summed E-state index contributed by atoms with van der Waals surface area (Å²) in [7, 11) is 1.49. The van der Waals surface area contributed by atoms with Crippen molar-refractivity contribution in [2.24, 2.45) is 0 Å². The Hall–Kier alpha value is -2.47. The van der Waals surface area contributed by atoms with Crippen LogP contribution in [0, 0.1) is 6.92 Å². The highest BCUT2D eigenvalue weighted by Crippen LogP contribution is 2.26. The van der Waals surface area contributed by atoms with Crippen molar-refractivity contribution >= 4 is 18.2 Å². The van der Waals surface area contributed by atoms with Gasteiger partial charge in [-0.15, -0.1) is 6.58 Å². The van der Waals surface area contributed by atoms with Gasteiger partial charge in [-0.25, -0.2) is 0 Å². The number of amides is 3. The van der Waals surface area contributed by atoms with E-state index < -0.39 is 11.9 Å². The molecule has 1 saturated heterocycles.